The van der Waals surface area contributed by atoms with Gasteiger partial charge < -0.3 is 20.2 Å². The van der Waals surface area contributed by atoms with Gasteiger partial charge in [-0.1, -0.05) is 19.3 Å². The van der Waals surface area contributed by atoms with Gasteiger partial charge in [0.05, 0.1) is 0 Å². The normalized spacial score (nSPS) is 39.6. The first kappa shape index (κ1) is 22.3. The van der Waals surface area contributed by atoms with E-state index in [0.29, 0.717) is 17.8 Å². The van der Waals surface area contributed by atoms with E-state index in [-0.39, 0.29) is 55.0 Å². The van der Waals surface area contributed by atoms with Crippen molar-refractivity contribution in [1.29, 1.82) is 0 Å². The molecular formula is C16H23Li2O4-. The zero-order valence-corrected chi connectivity index (χ0v) is 13.8. The SMILES string of the molecule is O=[C-]C1CCC2CC3CC(C(=O)[O-])CCC3CC2C1.[Li+].[Li+].[OH-]. The number of hydrogen-bond donors (Lipinski definition) is 0. The molecule has 1 N–H and O–H groups in total. The van der Waals surface area contributed by atoms with Gasteiger partial charge in [-0.15, -0.1) is 5.92 Å². The maximum Gasteiger partial charge on any atom is 1.00 e. The smallest absolute Gasteiger partial charge is 0.870 e. The second-order valence-electron chi connectivity index (χ2n) is 6.97. The molecule has 0 heterocycles. The zero-order chi connectivity index (χ0) is 13.4. The van der Waals surface area contributed by atoms with Crippen molar-refractivity contribution in [2.75, 3.05) is 0 Å². The first-order chi connectivity index (χ1) is 9.17. The first-order valence-corrected chi connectivity index (χ1v) is 7.76. The molecule has 6 atom stereocenters. The number of aliphatic carboxylic acids is 1. The quantitative estimate of drug-likeness (QED) is 0.379. The minimum absolute atomic E-state index is 0. The molecule has 22 heavy (non-hydrogen) atoms. The zero-order valence-electron chi connectivity index (χ0n) is 13.8. The molecule has 0 bridgehead atoms. The van der Waals surface area contributed by atoms with E-state index < -0.39 is 5.97 Å². The van der Waals surface area contributed by atoms with E-state index in [1.165, 1.54) is 12.8 Å². The molecule has 0 aromatic carbocycles. The molecule has 0 spiro atoms. The van der Waals surface area contributed by atoms with Crippen molar-refractivity contribution in [3.63, 3.8) is 0 Å². The van der Waals surface area contributed by atoms with Crippen molar-refractivity contribution in [3.8, 4) is 0 Å². The number of carboxylic acids is 1. The monoisotopic (exact) mass is 293 g/mol. The summed E-state index contributed by atoms with van der Waals surface area (Å²) >= 11 is 0. The fourth-order valence-electron chi connectivity index (χ4n) is 4.95. The Kier molecular flexibility index (Phi) is 9.68. The molecule has 6 heteroatoms. The summed E-state index contributed by atoms with van der Waals surface area (Å²) in [6, 6.07) is 0. The number of hydrogen-bond acceptors (Lipinski definition) is 4. The molecule has 3 fully saturated rings. The van der Waals surface area contributed by atoms with Gasteiger partial charge in [0.15, 0.2) is 0 Å². The van der Waals surface area contributed by atoms with E-state index in [1.54, 1.807) is 0 Å². The summed E-state index contributed by atoms with van der Waals surface area (Å²) in [6.45, 7) is 0. The van der Waals surface area contributed by atoms with Crippen LogP contribution in [0.3, 0.4) is 0 Å². The van der Waals surface area contributed by atoms with Crippen LogP contribution in [0.5, 0.6) is 0 Å². The van der Waals surface area contributed by atoms with Crippen molar-refractivity contribution in [2.24, 2.45) is 35.5 Å². The largest absolute Gasteiger partial charge is 1.00 e. The number of carboxylic acid groups (broad SMARTS) is 1. The van der Waals surface area contributed by atoms with E-state index >= 15 is 0 Å². The number of carbonyl (C=O) groups is 1. The molecule has 0 aromatic rings. The van der Waals surface area contributed by atoms with E-state index in [4.69, 9.17) is 0 Å². The Labute approximate surface area is 156 Å². The van der Waals surface area contributed by atoms with Crippen LogP contribution in [0.15, 0.2) is 0 Å². The minimum Gasteiger partial charge on any atom is -0.870 e. The third-order valence-electron chi connectivity index (χ3n) is 5.99. The summed E-state index contributed by atoms with van der Waals surface area (Å²) in [5.74, 6) is 1.82. The van der Waals surface area contributed by atoms with Crippen LogP contribution in [0.4, 0.5) is 0 Å². The van der Waals surface area contributed by atoms with Crippen LogP contribution in [0.1, 0.15) is 51.4 Å². The van der Waals surface area contributed by atoms with Gasteiger partial charge in [-0.3, -0.25) is 6.29 Å². The Hall–Kier alpha value is 0.295. The van der Waals surface area contributed by atoms with Crippen LogP contribution < -0.4 is 42.8 Å². The van der Waals surface area contributed by atoms with E-state index in [2.05, 4.69) is 6.29 Å². The Bertz CT molecular complexity index is 377. The van der Waals surface area contributed by atoms with E-state index in [9.17, 15) is 14.7 Å². The molecule has 0 aliphatic heterocycles. The van der Waals surface area contributed by atoms with Gasteiger partial charge in [0.25, 0.3) is 0 Å². The van der Waals surface area contributed by atoms with Crippen LogP contribution >= 0.6 is 0 Å². The van der Waals surface area contributed by atoms with Gasteiger partial charge in [-0.25, -0.2) is 0 Å². The second-order valence-corrected chi connectivity index (χ2v) is 6.97. The molecule has 0 saturated heterocycles. The van der Waals surface area contributed by atoms with Crippen molar-refractivity contribution in [1.82, 2.24) is 0 Å². The third kappa shape index (κ3) is 4.65. The molecule has 0 aromatic heterocycles. The second kappa shape index (κ2) is 9.56. The molecule has 6 unspecified atom stereocenters. The molecule has 3 aliphatic rings. The summed E-state index contributed by atoms with van der Waals surface area (Å²) in [5.41, 5.74) is 0. The van der Waals surface area contributed by atoms with Gasteiger partial charge in [0.2, 0.25) is 0 Å². The average Bonchev–Trinajstić information content (AvgIpc) is 2.43. The van der Waals surface area contributed by atoms with Crippen molar-refractivity contribution in [3.05, 3.63) is 0 Å². The summed E-state index contributed by atoms with van der Waals surface area (Å²) in [6.07, 6.45) is 10.4. The molecule has 3 saturated carbocycles. The number of fused-ring (bicyclic) bond motifs is 2. The van der Waals surface area contributed by atoms with Gasteiger partial charge >= 0.3 is 37.7 Å². The standard InChI is InChI=1S/C16H23O3.2Li.H2O/c17-9-10-1-2-11-7-15-8-13(16(18)19)4-3-12(15)6-14(11)5-10;;;/h10-15H,1-8H2,(H,18,19);;;1H2/q-1;2*+1;/p-2. The summed E-state index contributed by atoms with van der Waals surface area (Å²) in [7, 11) is 0. The Morgan fingerprint density at radius 1 is 0.818 bits per heavy atom. The van der Waals surface area contributed by atoms with Crippen LogP contribution in [0.25, 0.3) is 0 Å². The van der Waals surface area contributed by atoms with Gasteiger partial charge in [-0.05, 0) is 61.7 Å². The van der Waals surface area contributed by atoms with Crippen molar-refractivity contribution < 1.29 is 57.9 Å². The van der Waals surface area contributed by atoms with Crippen LogP contribution in [0.2, 0.25) is 0 Å². The topological polar surface area (TPSA) is 87.2 Å². The fourth-order valence-corrected chi connectivity index (χ4v) is 4.95. The third-order valence-corrected chi connectivity index (χ3v) is 5.99. The van der Waals surface area contributed by atoms with Gasteiger partial charge in [-0.2, -0.15) is 0 Å². The average molecular weight is 293 g/mol. The van der Waals surface area contributed by atoms with Crippen LogP contribution in [-0.4, -0.2) is 17.7 Å². The molecule has 0 radical (unpaired) electrons. The van der Waals surface area contributed by atoms with E-state index in [0.717, 1.165) is 44.4 Å². The molecule has 3 aliphatic carbocycles. The number of rotatable bonds is 2. The summed E-state index contributed by atoms with van der Waals surface area (Å²) in [5, 5.41) is 11.0. The van der Waals surface area contributed by atoms with Crippen LogP contribution in [-0.2, 0) is 9.59 Å². The first-order valence-electron chi connectivity index (χ1n) is 7.76. The van der Waals surface area contributed by atoms with Gasteiger partial charge in [0.1, 0.15) is 0 Å². The van der Waals surface area contributed by atoms with Crippen molar-refractivity contribution >= 4 is 12.3 Å². The maximum absolute atomic E-state index is 11.0. The predicted molar refractivity (Wildman–Crippen MR) is 70.5 cm³/mol. The van der Waals surface area contributed by atoms with E-state index in [1.807, 2.05) is 0 Å². The predicted octanol–water partition coefficient (Wildman–Crippen LogP) is -4.46. The maximum atomic E-state index is 11.0. The van der Waals surface area contributed by atoms with Crippen LogP contribution in [0, 0.1) is 35.5 Å². The molecule has 4 nitrogen and oxygen atoms in total. The molecule has 114 valence electrons. The van der Waals surface area contributed by atoms with Gasteiger partial charge in [0, 0.05) is 5.97 Å². The molecule has 3 rings (SSSR count). The minimum atomic E-state index is -0.847. The van der Waals surface area contributed by atoms with Crippen molar-refractivity contribution in [2.45, 2.75) is 51.4 Å². The number of carbonyl (C=O) groups excluding carboxylic acids is 2. The molecular weight excluding hydrogens is 270 g/mol. The Morgan fingerprint density at radius 3 is 1.91 bits per heavy atom. The Morgan fingerprint density at radius 2 is 1.36 bits per heavy atom. The Balaban J connectivity index is 0.00000147. The fraction of sp³-hybridized carbons (Fsp3) is 0.875. The summed E-state index contributed by atoms with van der Waals surface area (Å²) in [4.78, 5) is 21.9. The summed E-state index contributed by atoms with van der Waals surface area (Å²) < 4.78 is 0. The molecule has 0 amide bonds.